The molecule has 0 saturated carbocycles. The maximum atomic E-state index is 5.63. The van der Waals surface area contributed by atoms with Crippen molar-refractivity contribution in [2.45, 2.75) is 6.42 Å². The Morgan fingerprint density at radius 3 is 2.11 bits per heavy atom. The van der Waals surface area contributed by atoms with Crippen molar-refractivity contribution in [2.24, 2.45) is 0 Å². The average molecular weight is 351 g/mol. The predicted octanol–water partition coefficient (Wildman–Crippen LogP) is 6.02. The molecule has 2 heteroatoms. The van der Waals surface area contributed by atoms with Crippen LogP contribution in [0.25, 0.3) is 22.3 Å². The molecule has 0 atom stereocenters. The van der Waals surface area contributed by atoms with Crippen LogP contribution in [-0.2, 0) is 6.42 Å². The Bertz CT molecular complexity index is 1030. The summed E-state index contributed by atoms with van der Waals surface area (Å²) in [5.41, 5.74) is 6.86. The van der Waals surface area contributed by atoms with E-state index in [1.54, 1.807) is 7.11 Å². The highest BCUT2D eigenvalue weighted by atomic mass is 16.5. The molecule has 0 amide bonds. The first-order valence-electron chi connectivity index (χ1n) is 9.07. The molecule has 2 nitrogen and oxygen atoms in total. The monoisotopic (exact) mass is 351 g/mol. The lowest BCUT2D eigenvalue weighted by Gasteiger charge is -2.17. The lowest BCUT2D eigenvalue weighted by atomic mass is 9.91. The van der Waals surface area contributed by atoms with Crippen LogP contribution in [0.3, 0.4) is 0 Å². The number of methoxy groups -OCH3 is 1. The zero-order chi connectivity index (χ0) is 18.5. The summed E-state index contributed by atoms with van der Waals surface area (Å²) in [6, 6.07) is 31.2. The van der Waals surface area contributed by atoms with Crippen LogP contribution in [0.4, 0.5) is 0 Å². The molecule has 3 aromatic carbocycles. The van der Waals surface area contributed by atoms with Crippen molar-refractivity contribution in [3.8, 4) is 28.0 Å². The average Bonchev–Trinajstić information content (AvgIpc) is 2.75. The van der Waals surface area contributed by atoms with Gasteiger partial charge in [-0.1, -0.05) is 78.9 Å². The number of rotatable bonds is 5. The second kappa shape index (κ2) is 7.88. The molecule has 4 aromatic rings. The van der Waals surface area contributed by atoms with Crippen LogP contribution >= 0.6 is 0 Å². The van der Waals surface area contributed by atoms with Crippen molar-refractivity contribution < 1.29 is 4.74 Å². The van der Waals surface area contributed by atoms with E-state index in [1.165, 1.54) is 5.56 Å². The van der Waals surface area contributed by atoms with Gasteiger partial charge in [-0.2, -0.15) is 0 Å². The fourth-order valence-corrected chi connectivity index (χ4v) is 3.45. The maximum Gasteiger partial charge on any atom is 0.126 e. The number of nitrogens with zero attached hydrogens (tertiary/aromatic N) is 1. The first-order valence-corrected chi connectivity index (χ1v) is 9.07. The molecule has 0 spiro atoms. The van der Waals surface area contributed by atoms with Gasteiger partial charge in [0.05, 0.1) is 12.8 Å². The normalized spacial score (nSPS) is 10.6. The minimum absolute atomic E-state index is 0.786. The van der Waals surface area contributed by atoms with Gasteiger partial charge in [-0.05, 0) is 28.8 Å². The molecule has 0 radical (unpaired) electrons. The van der Waals surface area contributed by atoms with Crippen LogP contribution in [-0.4, -0.2) is 12.1 Å². The fraction of sp³-hybridized carbons (Fsp3) is 0.0800. The molecular weight excluding hydrogens is 330 g/mol. The quantitative estimate of drug-likeness (QED) is 0.439. The van der Waals surface area contributed by atoms with Gasteiger partial charge in [0.25, 0.3) is 0 Å². The Morgan fingerprint density at radius 2 is 1.37 bits per heavy atom. The molecule has 132 valence electrons. The number of hydrogen-bond acceptors (Lipinski definition) is 2. The molecule has 0 unspecified atom stereocenters. The van der Waals surface area contributed by atoms with Crippen LogP contribution < -0.4 is 4.74 Å². The van der Waals surface area contributed by atoms with Crippen molar-refractivity contribution in [3.63, 3.8) is 0 Å². The van der Waals surface area contributed by atoms with Crippen LogP contribution in [0.2, 0.25) is 0 Å². The van der Waals surface area contributed by atoms with Crippen molar-refractivity contribution in [2.75, 3.05) is 7.11 Å². The Labute approximate surface area is 160 Å². The minimum Gasteiger partial charge on any atom is -0.496 e. The van der Waals surface area contributed by atoms with Crippen LogP contribution in [0.5, 0.6) is 5.75 Å². The van der Waals surface area contributed by atoms with Crippen molar-refractivity contribution in [3.05, 3.63) is 108 Å². The van der Waals surface area contributed by atoms with Crippen molar-refractivity contribution in [1.82, 2.24) is 4.98 Å². The third-order valence-corrected chi connectivity index (χ3v) is 4.70. The van der Waals surface area contributed by atoms with Gasteiger partial charge in [-0.3, -0.25) is 4.98 Å². The molecule has 1 aromatic heterocycles. The van der Waals surface area contributed by atoms with E-state index in [9.17, 15) is 0 Å². The summed E-state index contributed by atoms with van der Waals surface area (Å²) < 4.78 is 5.63. The van der Waals surface area contributed by atoms with E-state index in [-0.39, 0.29) is 0 Å². The topological polar surface area (TPSA) is 22.1 Å². The predicted molar refractivity (Wildman–Crippen MR) is 111 cm³/mol. The van der Waals surface area contributed by atoms with Gasteiger partial charge < -0.3 is 4.74 Å². The maximum absolute atomic E-state index is 5.63. The number of hydrogen-bond donors (Lipinski definition) is 0. The summed E-state index contributed by atoms with van der Waals surface area (Å²) in [4.78, 5) is 4.75. The highest BCUT2D eigenvalue weighted by molar-refractivity contribution is 5.87. The third kappa shape index (κ3) is 3.61. The summed E-state index contributed by atoms with van der Waals surface area (Å²) in [6.07, 6.45) is 2.68. The highest BCUT2D eigenvalue weighted by Crippen LogP contribution is 2.38. The molecule has 0 aliphatic carbocycles. The minimum atomic E-state index is 0.786. The molecule has 27 heavy (non-hydrogen) atoms. The number of aromatic nitrogens is 1. The van der Waals surface area contributed by atoms with Gasteiger partial charge in [0.1, 0.15) is 5.75 Å². The molecule has 0 N–H and O–H groups in total. The Morgan fingerprint density at radius 1 is 0.704 bits per heavy atom. The third-order valence-electron chi connectivity index (χ3n) is 4.70. The van der Waals surface area contributed by atoms with E-state index in [0.717, 1.165) is 40.1 Å². The van der Waals surface area contributed by atoms with Crippen LogP contribution in [0.1, 0.15) is 11.3 Å². The van der Waals surface area contributed by atoms with Crippen molar-refractivity contribution in [1.29, 1.82) is 0 Å². The Kier molecular flexibility index (Phi) is 4.97. The van der Waals surface area contributed by atoms with E-state index in [1.807, 2.05) is 36.5 Å². The Hall–Kier alpha value is -3.39. The number of para-hydroxylation sites is 1. The van der Waals surface area contributed by atoms with E-state index in [4.69, 9.17) is 9.72 Å². The van der Waals surface area contributed by atoms with Gasteiger partial charge in [0, 0.05) is 23.7 Å². The molecule has 0 fully saturated rings. The summed E-state index contributed by atoms with van der Waals surface area (Å²) >= 11 is 0. The van der Waals surface area contributed by atoms with E-state index in [2.05, 4.69) is 60.7 Å². The number of pyridine rings is 1. The molecule has 4 rings (SSSR count). The molecule has 1 heterocycles. The Balaban J connectivity index is 1.93. The molecular formula is C25H21NO. The summed E-state index contributed by atoms with van der Waals surface area (Å²) in [5, 5.41) is 0. The van der Waals surface area contributed by atoms with Crippen LogP contribution in [0.15, 0.2) is 97.2 Å². The van der Waals surface area contributed by atoms with Gasteiger partial charge in [-0.25, -0.2) is 0 Å². The van der Waals surface area contributed by atoms with Gasteiger partial charge in [0.15, 0.2) is 0 Å². The van der Waals surface area contributed by atoms with E-state index >= 15 is 0 Å². The summed E-state index contributed by atoms with van der Waals surface area (Å²) in [7, 11) is 1.72. The fourth-order valence-electron chi connectivity index (χ4n) is 3.45. The largest absolute Gasteiger partial charge is 0.496 e. The highest BCUT2D eigenvalue weighted by Gasteiger charge is 2.16. The second-order valence-electron chi connectivity index (χ2n) is 6.41. The molecule has 0 aliphatic heterocycles. The second-order valence-corrected chi connectivity index (χ2v) is 6.41. The first-order chi connectivity index (χ1) is 13.4. The zero-order valence-electron chi connectivity index (χ0n) is 15.3. The van der Waals surface area contributed by atoms with Gasteiger partial charge >= 0.3 is 0 Å². The van der Waals surface area contributed by atoms with Crippen LogP contribution in [0, 0.1) is 0 Å². The first kappa shape index (κ1) is 17.0. The number of benzene rings is 3. The molecule has 0 aliphatic rings. The number of ether oxygens (including phenoxy) is 1. The zero-order valence-corrected chi connectivity index (χ0v) is 15.3. The molecule has 0 saturated heterocycles. The lowest BCUT2D eigenvalue weighted by Crippen LogP contribution is -1.99. The van der Waals surface area contributed by atoms with Gasteiger partial charge in [0.2, 0.25) is 0 Å². The SMILES string of the molecule is COc1ccccc1-c1ccnc(Cc2ccccc2)c1-c1ccccc1. The molecule has 0 bridgehead atoms. The summed E-state index contributed by atoms with van der Waals surface area (Å²) in [6.45, 7) is 0. The van der Waals surface area contributed by atoms with E-state index in [0.29, 0.717) is 0 Å². The van der Waals surface area contributed by atoms with E-state index < -0.39 is 0 Å². The van der Waals surface area contributed by atoms with Crippen molar-refractivity contribution >= 4 is 0 Å². The lowest BCUT2D eigenvalue weighted by molar-refractivity contribution is 0.416. The smallest absolute Gasteiger partial charge is 0.126 e. The standard InChI is InChI=1S/C25H21NO/c1-27-24-15-9-8-14-21(24)22-16-17-26-23(18-19-10-4-2-5-11-19)25(22)20-12-6-3-7-13-20/h2-17H,18H2,1H3. The van der Waals surface area contributed by atoms with Gasteiger partial charge in [-0.15, -0.1) is 0 Å². The summed E-state index contributed by atoms with van der Waals surface area (Å²) in [5.74, 6) is 0.867.